The van der Waals surface area contributed by atoms with Gasteiger partial charge in [0, 0.05) is 13.7 Å². The van der Waals surface area contributed by atoms with Gasteiger partial charge in [0.15, 0.2) is 6.10 Å². The molecule has 104 valence electrons. The summed E-state index contributed by atoms with van der Waals surface area (Å²) in [5.74, 6) is -0.167. The Hall–Kier alpha value is -0.650. The molecule has 2 rings (SSSR count). The van der Waals surface area contributed by atoms with E-state index in [1.807, 2.05) is 0 Å². The number of aliphatic hydroxyl groups excluding tert-OH is 1. The highest BCUT2D eigenvalue weighted by Crippen LogP contribution is 2.36. The number of ether oxygens (including phenoxy) is 1. The number of hydrazine groups is 1. The number of hydrogen-bond donors (Lipinski definition) is 1. The first-order chi connectivity index (χ1) is 8.59. The zero-order valence-electron chi connectivity index (χ0n) is 11.6. The SMILES string of the molecule is CCC(CC)(OC)[C@@H]1CCCN1N1C[C@@H](O)C1=O. The van der Waals surface area contributed by atoms with E-state index in [0.29, 0.717) is 6.54 Å². The molecule has 1 amide bonds. The Morgan fingerprint density at radius 3 is 2.56 bits per heavy atom. The molecule has 0 radical (unpaired) electrons. The standard InChI is InChI=1S/C13H24N2O3/c1-4-13(5-2,18-3)11-7-6-8-14(11)15-9-10(16)12(15)17/h10-11,16H,4-9H2,1-3H3/t10-,11+/m1/s1. The molecule has 0 aromatic carbocycles. The Labute approximate surface area is 109 Å². The predicted molar refractivity (Wildman–Crippen MR) is 67.8 cm³/mol. The molecule has 0 aliphatic carbocycles. The lowest BCUT2D eigenvalue weighted by atomic mass is 9.87. The van der Waals surface area contributed by atoms with Crippen LogP contribution in [0.15, 0.2) is 0 Å². The van der Waals surface area contributed by atoms with Gasteiger partial charge in [0.2, 0.25) is 0 Å². The summed E-state index contributed by atoms with van der Waals surface area (Å²) < 4.78 is 5.79. The van der Waals surface area contributed by atoms with Crippen molar-refractivity contribution in [2.45, 2.75) is 57.3 Å². The van der Waals surface area contributed by atoms with Crippen LogP contribution in [0.4, 0.5) is 0 Å². The summed E-state index contributed by atoms with van der Waals surface area (Å²) in [6, 6.07) is 0.244. The van der Waals surface area contributed by atoms with E-state index in [1.165, 1.54) is 0 Å². The second kappa shape index (κ2) is 5.15. The summed E-state index contributed by atoms with van der Waals surface area (Å²) in [5, 5.41) is 13.2. The van der Waals surface area contributed by atoms with Crippen molar-refractivity contribution in [1.29, 1.82) is 0 Å². The van der Waals surface area contributed by atoms with E-state index in [2.05, 4.69) is 18.9 Å². The van der Waals surface area contributed by atoms with E-state index in [0.717, 1.165) is 32.2 Å². The van der Waals surface area contributed by atoms with Crippen molar-refractivity contribution >= 4 is 5.91 Å². The third-order valence-corrected chi connectivity index (χ3v) is 4.63. The van der Waals surface area contributed by atoms with Gasteiger partial charge in [0.05, 0.1) is 18.2 Å². The molecule has 0 spiro atoms. The van der Waals surface area contributed by atoms with Crippen LogP contribution in [0.25, 0.3) is 0 Å². The highest BCUT2D eigenvalue weighted by atomic mass is 16.5. The van der Waals surface area contributed by atoms with Crippen molar-refractivity contribution < 1.29 is 14.6 Å². The number of β-lactam (4-membered cyclic amide) rings is 1. The number of rotatable bonds is 5. The number of carbonyl (C=O) groups excluding carboxylic acids is 1. The first-order valence-corrected chi connectivity index (χ1v) is 6.90. The van der Waals surface area contributed by atoms with Crippen LogP contribution in [-0.2, 0) is 9.53 Å². The summed E-state index contributed by atoms with van der Waals surface area (Å²) in [5.41, 5.74) is -0.183. The van der Waals surface area contributed by atoms with E-state index in [1.54, 1.807) is 12.1 Å². The molecule has 0 aromatic heterocycles. The molecule has 2 fully saturated rings. The lowest BCUT2D eigenvalue weighted by Gasteiger charge is -2.49. The smallest absolute Gasteiger partial charge is 0.267 e. The molecule has 2 atom stereocenters. The quantitative estimate of drug-likeness (QED) is 0.738. The van der Waals surface area contributed by atoms with Crippen molar-refractivity contribution in [3.05, 3.63) is 0 Å². The number of amides is 1. The Kier molecular flexibility index (Phi) is 3.94. The fraction of sp³-hybridized carbons (Fsp3) is 0.923. The van der Waals surface area contributed by atoms with Gasteiger partial charge in [-0.1, -0.05) is 13.8 Å². The molecular formula is C13H24N2O3. The van der Waals surface area contributed by atoms with Gasteiger partial charge in [0.1, 0.15) is 0 Å². The van der Waals surface area contributed by atoms with Crippen LogP contribution in [0.3, 0.4) is 0 Å². The Balaban J connectivity index is 2.14. The number of aliphatic hydroxyl groups is 1. The molecule has 2 aliphatic rings. The minimum absolute atomic E-state index is 0.167. The van der Waals surface area contributed by atoms with Gasteiger partial charge in [-0.25, -0.2) is 5.01 Å². The van der Waals surface area contributed by atoms with Gasteiger partial charge < -0.3 is 9.84 Å². The average molecular weight is 256 g/mol. The fourth-order valence-corrected chi connectivity index (χ4v) is 3.34. The van der Waals surface area contributed by atoms with Crippen LogP contribution in [0.5, 0.6) is 0 Å². The number of hydrogen-bond acceptors (Lipinski definition) is 4. The van der Waals surface area contributed by atoms with Crippen LogP contribution in [0.1, 0.15) is 39.5 Å². The summed E-state index contributed by atoms with van der Waals surface area (Å²) >= 11 is 0. The first-order valence-electron chi connectivity index (χ1n) is 6.90. The number of methoxy groups -OCH3 is 1. The third-order valence-electron chi connectivity index (χ3n) is 4.63. The maximum atomic E-state index is 11.7. The van der Waals surface area contributed by atoms with Crippen molar-refractivity contribution in [3.8, 4) is 0 Å². The molecular weight excluding hydrogens is 232 g/mol. The summed E-state index contributed by atoms with van der Waals surface area (Å²) in [7, 11) is 1.76. The molecule has 5 heteroatoms. The Bertz CT molecular complexity index is 309. The van der Waals surface area contributed by atoms with Crippen LogP contribution >= 0.6 is 0 Å². The van der Waals surface area contributed by atoms with Gasteiger partial charge in [-0.3, -0.25) is 9.80 Å². The maximum Gasteiger partial charge on any atom is 0.267 e. The molecule has 18 heavy (non-hydrogen) atoms. The number of carbonyl (C=O) groups is 1. The lowest BCUT2D eigenvalue weighted by Crippen LogP contribution is -2.67. The fourth-order valence-electron chi connectivity index (χ4n) is 3.34. The largest absolute Gasteiger partial charge is 0.381 e. The van der Waals surface area contributed by atoms with Crippen LogP contribution in [0, 0.1) is 0 Å². The van der Waals surface area contributed by atoms with Gasteiger partial charge in [-0.2, -0.15) is 0 Å². The molecule has 5 nitrogen and oxygen atoms in total. The average Bonchev–Trinajstić information content (AvgIpc) is 2.87. The van der Waals surface area contributed by atoms with Gasteiger partial charge in [-0.15, -0.1) is 0 Å². The van der Waals surface area contributed by atoms with Gasteiger partial charge in [-0.05, 0) is 25.7 Å². The van der Waals surface area contributed by atoms with E-state index >= 15 is 0 Å². The third kappa shape index (κ3) is 1.94. The minimum atomic E-state index is -0.800. The molecule has 0 unspecified atom stereocenters. The van der Waals surface area contributed by atoms with E-state index < -0.39 is 6.10 Å². The summed E-state index contributed by atoms with van der Waals surface area (Å²) in [6.45, 7) is 5.59. The molecule has 2 heterocycles. The summed E-state index contributed by atoms with van der Waals surface area (Å²) in [4.78, 5) is 11.7. The van der Waals surface area contributed by atoms with Crippen molar-refractivity contribution in [2.75, 3.05) is 20.2 Å². The van der Waals surface area contributed by atoms with Gasteiger partial charge >= 0.3 is 0 Å². The summed E-state index contributed by atoms with van der Waals surface area (Å²) in [6.07, 6.45) is 3.20. The molecule has 1 N–H and O–H groups in total. The molecule has 0 aromatic rings. The maximum absolute atomic E-state index is 11.7. The highest BCUT2D eigenvalue weighted by molar-refractivity contribution is 5.86. The lowest BCUT2D eigenvalue weighted by molar-refractivity contribution is -0.201. The number of β-amino-alcohol motifs (C(OH)–C–C–N with tert-alkyl or cyclic N) is 1. The van der Waals surface area contributed by atoms with Gasteiger partial charge in [0.25, 0.3) is 5.91 Å². The van der Waals surface area contributed by atoms with Crippen LogP contribution in [0.2, 0.25) is 0 Å². The first kappa shape index (κ1) is 13.8. The highest BCUT2D eigenvalue weighted by Gasteiger charge is 2.49. The van der Waals surface area contributed by atoms with Crippen LogP contribution in [-0.4, -0.2) is 59.0 Å². The minimum Gasteiger partial charge on any atom is -0.381 e. The monoisotopic (exact) mass is 256 g/mol. The van der Waals surface area contributed by atoms with E-state index in [4.69, 9.17) is 4.74 Å². The molecule has 0 bridgehead atoms. The molecule has 2 saturated heterocycles. The van der Waals surface area contributed by atoms with Crippen molar-refractivity contribution in [2.24, 2.45) is 0 Å². The second-order valence-electron chi connectivity index (χ2n) is 5.23. The van der Waals surface area contributed by atoms with Crippen molar-refractivity contribution in [1.82, 2.24) is 10.0 Å². The molecule has 0 saturated carbocycles. The second-order valence-corrected chi connectivity index (χ2v) is 5.23. The topological polar surface area (TPSA) is 53.0 Å². The Morgan fingerprint density at radius 1 is 1.44 bits per heavy atom. The Morgan fingerprint density at radius 2 is 2.11 bits per heavy atom. The number of nitrogens with zero attached hydrogens (tertiary/aromatic N) is 2. The van der Waals surface area contributed by atoms with Crippen molar-refractivity contribution in [3.63, 3.8) is 0 Å². The van der Waals surface area contributed by atoms with Crippen LogP contribution < -0.4 is 0 Å². The van der Waals surface area contributed by atoms with E-state index in [-0.39, 0.29) is 17.6 Å². The zero-order valence-corrected chi connectivity index (χ0v) is 11.6. The molecule has 2 aliphatic heterocycles. The predicted octanol–water partition coefficient (Wildman–Crippen LogP) is 0.774. The normalized spacial score (nSPS) is 29.8. The van der Waals surface area contributed by atoms with E-state index in [9.17, 15) is 9.90 Å². The zero-order chi connectivity index (χ0) is 13.3.